The Balaban J connectivity index is 0.00000218. The van der Waals surface area contributed by atoms with E-state index in [4.69, 9.17) is 9.72 Å². The molecular formula is C19H22N5NaO4S. The van der Waals surface area contributed by atoms with E-state index in [2.05, 4.69) is 15.1 Å². The molecule has 1 N–H and O–H groups in total. The summed E-state index contributed by atoms with van der Waals surface area (Å²) in [4.78, 5) is 17.2. The summed E-state index contributed by atoms with van der Waals surface area (Å²) in [5, 5.41) is 6.77. The van der Waals surface area contributed by atoms with Gasteiger partial charge in [-0.2, -0.15) is 5.10 Å². The number of urea groups is 1. The topological polar surface area (TPSA) is 117 Å². The average Bonchev–Trinajstić information content (AvgIpc) is 3.24. The fraction of sp³-hybridized carbons (Fsp3) is 0.526. The number of sulfonamides is 1. The number of ether oxygens (including phenoxy) is 1. The van der Waals surface area contributed by atoms with Crippen molar-refractivity contribution in [3.05, 3.63) is 33.4 Å². The first-order chi connectivity index (χ1) is 13.9. The van der Waals surface area contributed by atoms with Crippen LogP contribution in [-0.4, -0.2) is 35.8 Å². The van der Waals surface area contributed by atoms with Crippen LogP contribution in [-0.2, 0) is 29.4 Å². The van der Waals surface area contributed by atoms with Gasteiger partial charge in [-0.05, 0) is 55.8 Å². The number of nitrogens with one attached hydrogen (secondary N) is 1. The molecule has 0 radical (unpaired) electrons. The average molecular weight is 439 g/mol. The number of pyridine rings is 1. The molecule has 3 heterocycles. The van der Waals surface area contributed by atoms with Crippen molar-refractivity contribution in [3.63, 3.8) is 0 Å². The molecule has 0 aromatic carbocycles. The summed E-state index contributed by atoms with van der Waals surface area (Å²) in [6.45, 7) is 2.92. The van der Waals surface area contributed by atoms with E-state index in [9.17, 15) is 13.2 Å². The molecule has 0 bridgehead atoms. The van der Waals surface area contributed by atoms with Gasteiger partial charge >= 0.3 is 29.6 Å². The number of aromatic nitrogens is 3. The Morgan fingerprint density at radius 3 is 2.87 bits per heavy atom. The number of fused-ring (bicyclic) bond motifs is 2. The van der Waals surface area contributed by atoms with Crippen LogP contribution in [0.3, 0.4) is 0 Å². The Morgan fingerprint density at radius 2 is 2.10 bits per heavy atom. The number of hydrogen-bond donors (Lipinski definition) is 1. The van der Waals surface area contributed by atoms with Gasteiger partial charge in [0.05, 0.1) is 12.8 Å². The van der Waals surface area contributed by atoms with Gasteiger partial charge in [0.25, 0.3) is 0 Å². The van der Waals surface area contributed by atoms with Crippen molar-refractivity contribution in [2.24, 2.45) is 0 Å². The van der Waals surface area contributed by atoms with Crippen LogP contribution in [0.4, 0.5) is 10.5 Å². The molecule has 30 heavy (non-hydrogen) atoms. The van der Waals surface area contributed by atoms with Crippen LogP contribution < -0.4 is 39.6 Å². The predicted molar refractivity (Wildman–Crippen MR) is 105 cm³/mol. The zero-order chi connectivity index (χ0) is 20.2. The van der Waals surface area contributed by atoms with Gasteiger partial charge in [0.2, 0.25) is 15.9 Å². The summed E-state index contributed by atoms with van der Waals surface area (Å²) in [5.74, 6) is 0.582. The van der Waals surface area contributed by atoms with Gasteiger partial charge in [0, 0.05) is 30.3 Å². The van der Waals surface area contributed by atoms with Gasteiger partial charge in [-0.3, -0.25) is 9.78 Å². The van der Waals surface area contributed by atoms with Crippen molar-refractivity contribution in [2.75, 3.05) is 11.9 Å². The van der Waals surface area contributed by atoms with Crippen molar-refractivity contribution >= 4 is 21.7 Å². The molecule has 9 nitrogen and oxygen atoms in total. The fourth-order valence-corrected chi connectivity index (χ4v) is 5.07. The number of amides is 2. The zero-order valence-electron chi connectivity index (χ0n) is 17.1. The standard InChI is InChI=1S/C19H23N5O4S.Na/c1-11-16(12-6-7-12)21-14-5-2-4-13(14)17(11)22-19(25)23-29(26,27)15-10-20-24-8-3-9-28-18(15)24;/h10,12H,2-9H2,1H3,(H2,21,22,23,25);/q;+1/p-1. The van der Waals surface area contributed by atoms with Crippen LogP contribution in [0.5, 0.6) is 5.88 Å². The van der Waals surface area contributed by atoms with Crippen LogP contribution in [0.1, 0.15) is 54.1 Å². The first-order valence-electron chi connectivity index (χ1n) is 9.94. The third-order valence-corrected chi connectivity index (χ3v) is 6.94. The van der Waals surface area contributed by atoms with E-state index in [0.717, 1.165) is 61.0 Å². The second kappa shape index (κ2) is 8.14. The van der Waals surface area contributed by atoms with Crippen LogP contribution in [0.2, 0.25) is 0 Å². The maximum absolute atomic E-state index is 12.7. The van der Waals surface area contributed by atoms with Crippen LogP contribution in [0.15, 0.2) is 11.1 Å². The zero-order valence-corrected chi connectivity index (χ0v) is 20.0. The van der Waals surface area contributed by atoms with Crippen LogP contribution in [0.25, 0.3) is 4.72 Å². The summed E-state index contributed by atoms with van der Waals surface area (Å²) < 4.78 is 35.8. The van der Waals surface area contributed by atoms with Crippen LogP contribution in [0, 0.1) is 6.92 Å². The largest absolute Gasteiger partial charge is 1.00 e. The maximum atomic E-state index is 12.7. The molecule has 2 aromatic heterocycles. The number of rotatable bonds is 4. The minimum Gasteiger partial charge on any atom is -0.477 e. The normalized spacial score (nSPS) is 17.4. The number of anilines is 1. The number of aryl methyl sites for hydroxylation is 2. The second-order valence-electron chi connectivity index (χ2n) is 7.79. The fourth-order valence-electron chi connectivity index (χ4n) is 4.14. The maximum Gasteiger partial charge on any atom is 1.00 e. The molecule has 0 saturated heterocycles. The molecular weight excluding hydrogens is 417 g/mol. The van der Waals surface area contributed by atoms with Crippen molar-refractivity contribution in [1.82, 2.24) is 14.8 Å². The summed E-state index contributed by atoms with van der Waals surface area (Å²) in [7, 11) is -4.23. The first-order valence-corrected chi connectivity index (χ1v) is 11.4. The minimum atomic E-state index is -4.23. The minimum absolute atomic E-state index is 0. The van der Waals surface area contributed by atoms with E-state index < -0.39 is 16.1 Å². The first kappa shape index (κ1) is 21.6. The Morgan fingerprint density at radius 1 is 1.30 bits per heavy atom. The molecule has 3 aliphatic rings. The summed E-state index contributed by atoms with van der Waals surface area (Å²) in [5.41, 5.74) is 4.61. The van der Waals surface area contributed by atoms with E-state index in [1.165, 1.54) is 10.9 Å². The van der Waals surface area contributed by atoms with Crippen LogP contribution >= 0.6 is 0 Å². The molecule has 1 aliphatic heterocycles. The van der Waals surface area contributed by atoms with Gasteiger partial charge in [0.1, 0.15) is 0 Å². The molecule has 1 fully saturated rings. The van der Waals surface area contributed by atoms with Gasteiger partial charge < -0.3 is 14.8 Å². The molecule has 0 atom stereocenters. The Kier molecular flexibility index (Phi) is 5.86. The SMILES string of the molecule is Cc1c(C2CC2)nc2c(c1NC(=O)[N-]S(=O)(=O)c1cnn3c1OCCC3)CCC2.[Na+]. The molecule has 154 valence electrons. The van der Waals surface area contributed by atoms with Crippen molar-refractivity contribution in [1.29, 1.82) is 0 Å². The monoisotopic (exact) mass is 439 g/mol. The molecule has 0 spiro atoms. The predicted octanol–water partition coefficient (Wildman–Crippen LogP) is 0.0336. The quantitative estimate of drug-likeness (QED) is 0.672. The third-order valence-electron chi connectivity index (χ3n) is 5.69. The van der Waals surface area contributed by atoms with E-state index in [-0.39, 0.29) is 40.3 Å². The summed E-state index contributed by atoms with van der Waals surface area (Å²) in [6, 6.07) is -0.911. The summed E-state index contributed by atoms with van der Waals surface area (Å²) in [6.07, 6.45) is 6.83. The number of nitrogens with zero attached hydrogens (tertiary/aromatic N) is 4. The Labute approximate surface area is 197 Å². The third kappa shape index (κ3) is 3.86. The molecule has 2 aromatic rings. The van der Waals surface area contributed by atoms with Crippen molar-refractivity contribution in [3.8, 4) is 5.88 Å². The van der Waals surface area contributed by atoms with E-state index >= 15 is 0 Å². The molecule has 1 saturated carbocycles. The number of carbonyl (C=O) groups is 1. The molecule has 0 unspecified atom stereocenters. The smallest absolute Gasteiger partial charge is 0.477 e. The Bertz CT molecular complexity index is 1110. The van der Waals surface area contributed by atoms with Crippen molar-refractivity contribution < 1.29 is 47.5 Å². The molecule has 2 aliphatic carbocycles. The van der Waals surface area contributed by atoms with Gasteiger partial charge in [-0.15, -0.1) is 0 Å². The Hall–Kier alpha value is -1.62. The number of carbonyl (C=O) groups excluding carboxylic acids is 1. The molecule has 11 heteroatoms. The van der Waals surface area contributed by atoms with Crippen molar-refractivity contribution in [2.45, 2.75) is 62.8 Å². The van der Waals surface area contributed by atoms with Gasteiger partial charge in [0.15, 0.2) is 10.9 Å². The second-order valence-corrected chi connectivity index (χ2v) is 9.36. The van der Waals surface area contributed by atoms with E-state index in [1.807, 2.05) is 6.92 Å². The van der Waals surface area contributed by atoms with E-state index in [1.54, 1.807) is 0 Å². The van der Waals surface area contributed by atoms with Gasteiger partial charge in [-0.25, -0.2) is 13.1 Å². The molecule has 2 amide bonds. The molecule has 5 rings (SSSR count). The van der Waals surface area contributed by atoms with E-state index in [0.29, 0.717) is 24.8 Å². The summed E-state index contributed by atoms with van der Waals surface area (Å²) >= 11 is 0. The van der Waals surface area contributed by atoms with Gasteiger partial charge in [-0.1, -0.05) is 0 Å². The number of hydrogen-bond acceptors (Lipinski definition) is 6.